The van der Waals surface area contributed by atoms with Gasteiger partial charge in [-0.1, -0.05) is 19.0 Å². The van der Waals surface area contributed by atoms with E-state index in [1.807, 2.05) is 13.8 Å². The van der Waals surface area contributed by atoms with E-state index in [0.717, 1.165) is 0 Å². The molecule has 34 heavy (non-hydrogen) atoms. The summed E-state index contributed by atoms with van der Waals surface area (Å²) in [6.07, 6.45) is 0.455. The maximum Gasteiger partial charge on any atom is 0.274 e. The summed E-state index contributed by atoms with van der Waals surface area (Å²) in [4.78, 5) is 49.6. The molecule has 0 bridgehead atoms. The van der Waals surface area contributed by atoms with Crippen LogP contribution in [-0.2, 0) is 23.9 Å². The van der Waals surface area contributed by atoms with Gasteiger partial charge in [0.2, 0.25) is 11.8 Å². The number of carbonyl (C=O) groups excluding carboxylic acids is 4. The van der Waals surface area contributed by atoms with Crippen LogP contribution < -0.4 is 16.0 Å². The fourth-order valence-electron chi connectivity index (χ4n) is 2.91. The van der Waals surface area contributed by atoms with Gasteiger partial charge in [0.1, 0.15) is 17.4 Å². The molecule has 12 nitrogen and oxygen atoms in total. The number of nitrogens with zero attached hydrogens (tertiary/aromatic N) is 2. The summed E-state index contributed by atoms with van der Waals surface area (Å²) in [5.41, 5.74) is -0.835. The average Bonchev–Trinajstić information content (AvgIpc) is 3.36. The molecule has 12 heteroatoms. The normalized spacial score (nSPS) is 17.9. The van der Waals surface area contributed by atoms with Crippen molar-refractivity contribution in [3.05, 3.63) is 17.5 Å². The molecule has 1 fully saturated rings. The summed E-state index contributed by atoms with van der Waals surface area (Å²) >= 11 is 0. The smallest absolute Gasteiger partial charge is 0.274 e. The number of ketones is 1. The van der Waals surface area contributed by atoms with Crippen molar-refractivity contribution in [1.29, 1.82) is 5.26 Å². The van der Waals surface area contributed by atoms with Gasteiger partial charge in [-0.05, 0) is 26.2 Å². The number of methoxy groups -OCH3 is 1. The van der Waals surface area contributed by atoms with Crippen LogP contribution >= 0.6 is 0 Å². The van der Waals surface area contributed by atoms with Crippen LogP contribution in [0.15, 0.2) is 10.6 Å². The van der Waals surface area contributed by atoms with Gasteiger partial charge in [-0.2, -0.15) is 5.26 Å². The number of rotatable bonds is 12. The lowest BCUT2D eigenvalue weighted by Crippen LogP contribution is -2.53. The molecule has 1 aromatic rings. The van der Waals surface area contributed by atoms with Gasteiger partial charge in [-0.25, -0.2) is 0 Å². The van der Waals surface area contributed by atoms with E-state index in [2.05, 4.69) is 21.1 Å². The van der Waals surface area contributed by atoms with Crippen LogP contribution in [0.5, 0.6) is 0 Å². The Bertz CT molecular complexity index is 902. The first kappa shape index (κ1) is 28.7. The van der Waals surface area contributed by atoms with Gasteiger partial charge in [0, 0.05) is 20.1 Å². The maximum absolute atomic E-state index is 12.6. The van der Waals surface area contributed by atoms with Crippen molar-refractivity contribution in [2.75, 3.05) is 26.9 Å². The van der Waals surface area contributed by atoms with E-state index in [1.54, 1.807) is 19.9 Å². The van der Waals surface area contributed by atoms with E-state index in [-0.39, 0.29) is 30.5 Å². The number of Topliss-reactive ketones (excluding diaryl/α,β-unsaturated/α-hetero) is 1. The van der Waals surface area contributed by atoms with Crippen molar-refractivity contribution in [2.45, 2.75) is 58.7 Å². The quantitative estimate of drug-likeness (QED) is 0.355. The fraction of sp³-hybridized carbons (Fsp3) is 0.636. The third-order valence-electron chi connectivity index (χ3n) is 4.70. The molecule has 0 spiro atoms. The molecule has 1 aliphatic rings. The number of amides is 3. The van der Waals surface area contributed by atoms with E-state index in [9.17, 15) is 19.2 Å². The Kier molecular flexibility index (Phi) is 11.3. The molecule has 188 valence electrons. The van der Waals surface area contributed by atoms with E-state index < -0.39 is 35.4 Å². The Balaban J connectivity index is 0.00000182. The number of aryl methyl sites for hydroxylation is 1. The van der Waals surface area contributed by atoms with Gasteiger partial charge in [0.15, 0.2) is 11.5 Å². The molecule has 0 radical (unpaired) electrons. The second-order valence-corrected chi connectivity index (χ2v) is 8.38. The second kappa shape index (κ2) is 13.4. The van der Waals surface area contributed by atoms with Crippen LogP contribution in [0.4, 0.5) is 0 Å². The zero-order valence-corrected chi connectivity index (χ0v) is 20.4. The van der Waals surface area contributed by atoms with Crippen LogP contribution in [0.25, 0.3) is 0 Å². The zero-order chi connectivity index (χ0) is 25.9. The van der Waals surface area contributed by atoms with E-state index in [4.69, 9.17) is 19.3 Å². The summed E-state index contributed by atoms with van der Waals surface area (Å²) in [5, 5.41) is 18.5. The highest BCUT2D eigenvalue weighted by Crippen LogP contribution is 2.29. The van der Waals surface area contributed by atoms with Crippen molar-refractivity contribution in [3.63, 3.8) is 0 Å². The van der Waals surface area contributed by atoms with Crippen LogP contribution in [-0.4, -0.2) is 73.2 Å². The highest BCUT2D eigenvalue weighted by Gasteiger charge is 2.50. The van der Waals surface area contributed by atoms with Crippen LogP contribution in [0.1, 0.15) is 50.4 Å². The second-order valence-electron chi connectivity index (χ2n) is 8.38. The van der Waals surface area contributed by atoms with Gasteiger partial charge in [0.25, 0.3) is 5.91 Å². The summed E-state index contributed by atoms with van der Waals surface area (Å²) in [7, 11) is 1.38. The molecule has 3 N–H and O–H groups in total. The highest BCUT2D eigenvalue weighted by molar-refractivity contribution is 5.98. The van der Waals surface area contributed by atoms with Crippen molar-refractivity contribution in [1.82, 2.24) is 21.1 Å². The lowest BCUT2D eigenvalue weighted by atomic mass is 9.93. The molecule has 1 saturated heterocycles. The number of ether oxygens (including phenoxy) is 2. The SMILES string of the molecule is CC#N.COC[C@H](NC(=O)c1cc(C)on1)C(=O)NCC(=O)N[C@@H](CC(C)C)C(=O)[C@@]1(C)CO1. The Morgan fingerprint density at radius 3 is 2.35 bits per heavy atom. The molecule has 2 heterocycles. The summed E-state index contributed by atoms with van der Waals surface area (Å²) in [5.74, 6) is -1.31. The van der Waals surface area contributed by atoms with Crippen LogP contribution in [0, 0.1) is 24.2 Å². The molecule has 0 aliphatic carbocycles. The minimum atomic E-state index is -1.05. The van der Waals surface area contributed by atoms with Gasteiger partial charge in [-0.15, -0.1) is 0 Å². The summed E-state index contributed by atoms with van der Waals surface area (Å²) in [6.45, 7) is 8.49. The summed E-state index contributed by atoms with van der Waals surface area (Å²) in [6, 6.07) is 1.43. The Morgan fingerprint density at radius 1 is 1.26 bits per heavy atom. The number of aromatic nitrogens is 1. The van der Waals surface area contributed by atoms with Crippen molar-refractivity contribution in [3.8, 4) is 6.07 Å². The maximum atomic E-state index is 12.6. The lowest BCUT2D eigenvalue weighted by molar-refractivity contribution is -0.131. The first-order chi connectivity index (χ1) is 16.0. The number of hydrogen-bond acceptors (Lipinski definition) is 9. The summed E-state index contributed by atoms with van der Waals surface area (Å²) < 4.78 is 15.0. The molecule has 1 aromatic heterocycles. The Labute approximate surface area is 198 Å². The monoisotopic (exact) mass is 479 g/mol. The third kappa shape index (κ3) is 9.29. The van der Waals surface area contributed by atoms with Crippen molar-refractivity contribution >= 4 is 23.5 Å². The van der Waals surface area contributed by atoms with E-state index in [0.29, 0.717) is 18.8 Å². The zero-order valence-electron chi connectivity index (χ0n) is 20.4. The topological polar surface area (TPSA) is 176 Å². The van der Waals surface area contributed by atoms with E-state index in [1.165, 1.54) is 20.1 Å². The average molecular weight is 480 g/mol. The first-order valence-corrected chi connectivity index (χ1v) is 10.8. The van der Waals surface area contributed by atoms with E-state index >= 15 is 0 Å². The number of nitrogens with one attached hydrogen (secondary N) is 3. The molecule has 0 saturated carbocycles. The Morgan fingerprint density at radius 2 is 1.88 bits per heavy atom. The van der Waals surface area contributed by atoms with Gasteiger partial charge in [-0.3, -0.25) is 19.2 Å². The molecule has 3 amide bonds. The fourth-order valence-corrected chi connectivity index (χ4v) is 2.91. The third-order valence-corrected chi connectivity index (χ3v) is 4.70. The molecule has 3 atom stereocenters. The van der Waals surface area contributed by atoms with Crippen LogP contribution in [0.3, 0.4) is 0 Å². The standard InChI is InChI=1S/C20H30N4O7.C2H3N/c1-11(2)6-13(17(26)20(4)10-30-20)22-16(25)8-21-18(27)15(9-29-5)23-19(28)14-7-12(3)31-24-14;1-2-3/h7,11,13,15H,6,8-10H2,1-5H3,(H,21,27)(H,22,25)(H,23,28);1H3/t13-,15-,20+;/m0./s1. The largest absolute Gasteiger partial charge is 0.382 e. The Hall–Kier alpha value is -3.30. The van der Waals surface area contributed by atoms with Gasteiger partial charge in [0.05, 0.1) is 31.9 Å². The van der Waals surface area contributed by atoms with Gasteiger partial charge >= 0.3 is 0 Å². The van der Waals surface area contributed by atoms with Crippen molar-refractivity contribution in [2.24, 2.45) is 5.92 Å². The number of epoxide rings is 1. The minimum absolute atomic E-state index is 0.0231. The molecule has 0 aromatic carbocycles. The number of nitriles is 1. The molecule has 2 rings (SSSR count). The highest BCUT2D eigenvalue weighted by atomic mass is 16.6. The van der Waals surface area contributed by atoms with Gasteiger partial charge < -0.3 is 29.9 Å². The van der Waals surface area contributed by atoms with Crippen molar-refractivity contribution < 1.29 is 33.2 Å². The molecular formula is C22H33N5O7. The lowest BCUT2D eigenvalue weighted by Gasteiger charge is -2.22. The number of hydrogen-bond donors (Lipinski definition) is 3. The molecule has 0 unspecified atom stereocenters. The minimum Gasteiger partial charge on any atom is -0.382 e. The molecule has 1 aliphatic heterocycles. The predicted molar refractivity (Wildman–Crippen MR) is 119 cm³/mol. The first-order valence-electron chi connectivity index (χ1n) is 10.8. The van der Waals surface area contributed by atoms with Crippen LogP contribution in [0.2, 0.25) is 0 Å². The predicted octanol–water partition coefficient (Wildman–Crippen LogP) is 0.263. The molecular weight excluding hydrogens is 446 g/mol. The number of carbonyl (C=O) groups is 4.